The fourth-order valence-electron chi connectivity index (χ4n) is 1.68. The summed E-state index contributed by atoms with van der Waals surface area (Å²) in [4.78, 5) is 0. The van der Waals surface area contributed by atoms with Crippen LogP contribution in [0.1, 0.15) is 62.3 Å². The lowest BCUT2D eigenvalue weighted by Crippen LogP contribution is -2.40. The number of hydrogen-bond donors (Lipinski definition) is 0. The Balaban J connectivity index is 3.68. The highest BCUT2D eigenvalue weighted by atomic mass is 28.3. The Bertz CT molecular complexity index is 649. The maximum atomic E-state index is 3.53. The van der Waals surface area contributed by atoms with E-state index in [1.807, 2.05) is 12.1 Å². The summed E-state index contributed by atoms with van der Waals surface area (Å²) >= 11 is 0. The monoisotopic (exact) mass is 337 g/mol. The molecule has 0 aromatic carbocycles. The molecule has 0 N–H and O–H groups in total. The van der Waals surface area contributed by atoms with E-state index < -0.39 is 8.24 Å². The van der Waals surface area contributed by atoms with Gasteiger partial charge in [0.25, 0.3) is 0 Å². The van der Waals surface area contributed by atoms with E-state index in [1.54, 1.807) is 0 Å². The fraction of sp³-hybridized carbons (Fsp3) is 0.545. The highest BCUT2D eigenvalue weighted by molar-refractivity contribution is 6.99. The van der Waals surface area contributed by atoms with Crippen molar-refractivity contribution in [3.63, 3.8) is 0 Å². The van der Waals surface area contributed by atoms with Gasteiger partial charge in [-0.25, -0.2) is 0 Å². The average molecular weight is 338 g/mol. The average Bonchev–Trinajstić information content (AvgIpc) is 2.89. The van der Waals surface area contributed by atoms with Gasteiger partial charge in [-0.2, -0.15) is 0 Å². The van der Waals surface area contributed by atoms with E-state index in [0.717, 1.165) is 0 Å². The van der Waals surface area contributed by atoms with Crippen molar-refractivity contribution in [2.45, 2.75) is 62.3 Å². The van der Waals surface area contributed by atoms with Crippen LogP contribution in [-0.4, -0.2) is 12.5 Å². The Kier molecular flexibility index (Phi) is 5.87. The summed E-state index contributed by atoms with van der Waals surface area (Å²) in [5, 5.41) is 0. The molecule has 1 aromatic rings. The standard InChI is InChI=1S/C22H31NSi/c1-20(2,3)12-17-24(18-13-21(4,5)6,19-14-22(7,8)9)23-15-10-11-16-23/h10-11,15-16H,1-9H3. The van der Waals surface area contributed by atoms with Gasteiger partial charge in [0.1, 0.15) is 0 Å². The predicted octanol–water partition coefficient (Wildman–Crippen LogP) is 5.05. The Morgan fingerprint density at radius 1 is 0.583 bits per heavy atom. The van der Waals surface area contributed by atoms with E-state index >= 15 is 0 Å². The first-order chi connectivity index (χ1) is 10.7. The van der Waals surface area contributed by atoms with Gasteiger partial charge in [-0.05, 0) is 86.8 Å². The summed E-state index contributed by atoms with van der Waals surface area (Å²) < 4.78 is 2.16. The molecule has 0 unspecified atom stereocenters. The molecule has 0 aliphatic rings. The van der Waals surface area contributed by atoms with Crippen LogP contribution in [0, 0.1) is 50.6 Å². The molecule has 24 heavy (non-hydrogen) atoms. The van der Waals surface area contributed by atoms with Gasteiger partial charge < -0.3 is 4.23 Å². The van der Waals surface area contributed by atoms with Crippen LogP contribution in [0.3, 0.4) is 0 Å². The molecule has 0 bridgehead atoms. The van der Waals surface area contributed by atoms with Gasteiger partial charge >= 0.3 is 8.24 Å². The zero-order chi connectivity index (χ0) is 18.6. The lowest BCUT2D eigenvalue weighted by molar-refractivity contribution is 0.571. The molecule has 1 aromatic heterocycles. The van der Waals surface area contributed by atoms with Crippen molar-refractivity contribution in [1.82, 2.24) is 4.23 Å². The summed E-state index contributed by atoms with van der Waals surface area (Å²) in [5.74, 6) is 10.2. The minimum atomic E-state index is -2.62. The van der Waals surface area contributed by atoms with E-state index in [2.05, 4.69) is 113 Å². The van der Waals surface area contributed by atoms with Crippen LogP contribution in [0.25, 0.3) is 0 Å². The molecule has 0 saturated carbocycles. The molecule has 0 aliphatic carbocycles. The third-order valence-electron chi connectivity index (χ3n) is 2.85. The number of rotatable bonds is 1. The van der Waals surface area contributed by atoms with Gasteiger partial charge in [0.2, 0.25) is 0 Å². The Morgan fingerprint density at radius 2 is 0.875 bits per heavy atom. The SMILES string of the molecule is CC(C)(C)C#C[Si](C#CC(C)(C)C)(C#CC(C)(C)C)n1cccc1. The topological polar surface area (TPSA) is 4.93 Å². The van der Waals surface area contributed by atoms with Crippen molar-refractivity contribution in [1.29, 1.82) is 0 Å². The van der Waals surface area contributed by atoms with E-state index in [9.17, 15) is 0 Å². The summed E-state index contributed by atoms with van der Waals surface area (Å²) in [5.41, 5.74) is 10.4. The largest absolute Gasteiger partial charge is 0.403 e. The van der Waals surface area contributed by atoms with Crippen molar-refractivity contribution in [3.8, 4) is 34.4 Å². The van der Waals surface area contributed by atoms with E-state index in [-0.39, 0.29) is 16.2 Å². The van der Waals surface area contributed by atoms with Crippen molar-refractivity contribution in [3.05, 3.63) is 24.5 Å². The number of aromatic nitrogens is 1. The molecule has 1 nitrogen and oxygen atoms in total. The summed E-state index contributed by atoms with van der Waals surface area (Å²) in [6.07, 6.45) is 4.11. The third-order valence-corrected chi connectivity index (χ3v) is 5.38. The molecule has 0 saturated heterocycles. The second kappa shape index (κ2) is 6.97. The van der Waals surface area contributed by atoms with Crippen molar-refractivity contribution in [2.75, 3.05) is 0 Å². The maximum absolute atomic E-state index is 3.53. The molecular formula is C22H31NSi. The molecule has 2 heteroatoms. The number of nitrogens with zero attached hydrogens (tertiary/aromatic N) is 1. The van der Waals surface area contributed by atoms with Gasteiger partial charge in [0, 0.05) is 16.2 Å². The van der Waals surface area contributed by atoms with Crippen LogP contribution in [0.5, 0.6) is 0 Å². The van der Waals surface area contributed by atoms with Crippen LogP contribution in [0.2, 0.25) is 0 Å². The molecule has 0 atom stereocenters. The fourth-order valence-corrected chi connectivity index (χ4v) is 4.54. The molecule has 0 spiro atoms. The molecule has 0 radical (unpaired) electrons. The summed E-state index contributed by atoms with van der Waals surface area (Å²) in [7, 11) is -2.62. The van der Waals surface area contributed by atoms with E-state index in [0.29, 0.717) is 0 Å². The quantitative estimate of drug-likeness (QED) is 0.499. The maximum Gasteiger partial charge on any atom is 0.403 e. The lowest BCUT2D eigenvalue weighted by atomic mass is 9.99. The molecule has 1 rings (SSSR count). The minimum Gasteiger partial charge on any atom is -0.351 e. The van der Waals surface area contributed by atoms with Crippen molar-refractivity contribution in [2.24, 2.45) is 16.2 Å². The second-order valence-corrected chi connectivity index (χ2v) is 12.0. The van der Waals surface area contributed by atoms with Crippen LogP contribution < -0.4 is 0 Å². The minimum absolute atomic E-state index is 0.0712. The Labute approximate surface area is 150 Å². The Morgan fingerprint density at radius 3 is 1.12 bits per heavy atom. The van der Waals surface area contributed by atoms with E-state index in [4.69, 9.17) is 0 Å². The van der Waals surface area contributed by atoms with Gasteiger partial charge in [0.05, 0.1) is 0 Å². The second-order valence-electron chi connectivity index (χ2n) is 9.30. The van der Waals surface area contributed by atoms with E-state index in [1.165, 1.54) is 0 Å². The first-order valence-electron chi connectivity index (χ1n) is 8.49. The summed E-state index contributed by atoms with van der Waals surface area (Å²) in [6.45, 7) is 19.2. The Hall–Kier alpha value is -1.82. The van der Waals surface area contributed by atoms with Crippen LogP contribution in [0.4, 0.5) is 0 Å². The zero-order valence-electron chi connectivity index (χ0n) is 16.8. The van der Waals surface area contributed by atoms with Gasteiger partial charge in [-0.3, -0.25) is 0 Å². The van der Waals surface area contributed by atoms with Crippen molar-refractivity contribution >= 4 is 8.24 Å². The smallest absolute Gasteiger partial charge is 0.351 e. The van der Waals surface area contributed by atoms with Crippen LogP contribution in [-0.2, 0) is 0 Å². The number of hydrogen-bond acceptors (Lipinski definition) is 0. The van der Waals surface area contributed by atoms with Gasteiger partial charge in [-0.1, -0.05) is 16.6 Å². The zero-order valence-corrected chi connectivity index (χ0v) is 17.8. The molecule has 0 fully saturated rings. The van der Waals surface area contributed by atoms with Crippen molar-refractivity contribution < 1.29 is 0 Å². The van der Waals surface area contributed by atoms with Crippen LogP contribution >= 0.6 is 0 Å². The molecule has 1 heterocycles. The first kappa shape index (κ1) is 20.2. The molecule has 0 amide bonds. The summed E-state index contributed by atoms with van der Waals surface area (Å²) in [6, 6.07) is 4.05. The van der Waals surface area contributed by atoms with Gasteiger partial charge in [0.15, 0.2) is 0 Å². The first-order valence-corrected chi connectivity index (χ1v) is 10.4. The highest BCUT2D eigenvalue weighted by Gasteiger charge is 2.32. The van der Waals surface area contributed by atoms with Gasteiger partial charge in [-0.15, -0.1) is 17.8 Å². The third kappa shape index (κ3) is 7.17. The molecule has 128 valence electrons. The highest BCUT2D eigenvalue weighted by Crippen LogP contribution is 2.17. The predicted molar refractivity (Wildman–Crippen MR) is 107 cm³/mol. The lowest BCUT2D eigenvalue weighted by Gasteiger charge is -2.19. The normalized spacial score (nSPS) is 12.2. The molecule has 0 aliphatic heterocycles. The molecular weight excluding hydrogens is 306 g/mol. The van der Waals surface area contributed by atoms with Crippen LogP contribution in [0.15, 0.2) is 24.5 Å².